The summed E-state index contributed by atoms with van der Waals surface area (Å²) in [5.74, 6) is 0. The number of rotatable bonds is 0. The van der Waals surface area contributed by atoms with E-state index < -0.39 is 0 Å². The molecule has 0 unspecified atom stereocenters. The van der Waals surface area contributed by atoms with Crippen molar-refractivity contribution in [2.24, 2.45) is 0 Å². The number of hydrogen-bond donors (Lipinski definition) is 2. The average molecular weight is 169 g/mol. The van der Waals surface area contributed by atoms with Crippen LogP contribution in [-0.2, 0) is 6.54 Å². The molecule has 0 saturated heterocycles. The highest BCUT2D eigenvalue weighted by atomic mass is 32.1. The molecular formula is C8H11NOS. The van der Waals surface area contributed by atoms with Crippen molar-refractivity contribution in [3.05, 3.63) is 21.4 Å². The molecule has 2 rings (SSSR count). The van der Waals surface area contributed by atoms with E-state index in [1.807, 2.05) is 0 Å². The molecule has 1 atom stereocenters. The van der Waals surface area contributed by atoms with Gasteiger partial charge in [-0.15, -0.1) is 11.3 Å². The monoisotopic (exact) mass is 169 g/mol. The molecule has 2 nitrogen and oxygen atoms in total. The SMILES string of the molecule is Cc1cc2c(s1)CNC[C@@H]2O. The van der Waals surface area contributed by atoms with E-state index in [4.69, 9.17) is 0 Å². The number of nitrogens with one attached hydrogen (secondary N) is 1. The lowest BCUT2D eigenvalue weighted by Gasteiger charge is -2.18. The summed E-state index contributed by atoms with van der Waals surface area (Å²) >= 11 is 1.77. The van der Waals surface area contributed by atoms with Crippen molar-refractivity contribution < 1.29 is 5.11 Å². The Morgan fingerprint density at radius 3 is 3.27 bits per heavy atom. The van der Waals surface area contributed by atoms with Crippen LogP contribution in [0.1, 0.15) is 21.4 Å². The maximum Gasteiger partial charge on any atom is 0.0925 e. The Morgan fingerprint density at radius 1 is 1.73 bits per heavy atom. The highest BCUT2D eigenvalue weighted by Gasteiger charge is 2.18. The summed E-state index contributed by atoms with van der Waals surface area (Å²) in [7, 11) is 0. The fraction of sp³-hybridized carbons (Fsp3) is 0.500. The number of fused-ring (bicyclic) bond motifs is 1. The molecule has 3 heteroatoms. The lowest BCUT2D eigenvalue weighted by atomic mass is 10.1. The van der Waals surface area contributed by atoms with Gasteiger partial charge in [0, 0.05) is 22.8 Å². The minimum Gasteiger partial charge on any atom is -0.387 e. The van der Waals surface area contributed by atoms with Crippen LogP contribution in [0.5, 0.6) is 0 Å². The molecule has 0 fully saturated rings. The second kappa shape index (κ2) is 2.59. The lowest BCUT2D eigenvalue weighted by Crippen LogP contribution is -2.26. The predicted molar refractivity (Wildman–Crippen MR) is 45.7 cm³/mol. The van der Waals surface area contributed by atoms with Gasteiger partial charge in [0.1, 0.15) is 0 Å². The summed E-state index contributed by atoms with van der Waals surface area (Å²) in [6, 6.07) is 2.09. The number of aryl methyl sites for hydroxylation is 1. The van der Waals surface area contributed by atoms with E-state index in [9.17, 15) is 5.11 Å². The van der Waals surface area contributed by atoms with Gasteiger partial charge in [0.2, 0.25) is 0 Å². The summed E-state index contributed by atoms with van der Waals surface area (Å²) in [4.78, 5) is 2.58. The van der Waals surface area contributed by atoms with Crippen molar-refractivity contribution >= 4 is 11.3 Å². The topological polar surface area (TPSA) is 32.3 Å². The maximum atomic E-state index is 9.52. The Kier molecular flexibility index (Phi) is 1.71. The first kappa shape index (κ1) is 7.28. The van der Waals surface area contributed by atoms with Crippen molar-refractivity contribution in [1.82, 2.24) is 5.32 Å². The zero-order valence-corrected chi connectivity index (χ0v) is 7.24. The standard InChI is InChI=1S/C8H11NOS/c1-5-2-6-7(10)3-9-4-8(6)11-5/h2,7,9-10H,3-4H2,1H3/t7-/m0/s1. The summed E-state index contributed by atoms with van der Waals surface area (Å²) in [6.07, 6.45) is -0.288. The normalized spacial score (nSPS) is 23.3. The van der Waals surface area contributed by atoms with Gasteiger partial charge in [-0.05, 0) is 18.6 Å². The Balaban J connectivity index is 2.43. The number of aliphatic hydroxyl groups excluding tert-OH is 1. The summed E-state index contributed by atoms with van der Waals surface area (Å²) in [5, 5.41) is 12.7. The van der Waals surface area contributed by atoms with Gasteiger partial charge in [-0.2, -0.15) is 0 Å². The molecule has 60 valence electrons. The zero-order chi connectivity index (χ0) is 7.84. The first-order chi connectivity index (χ1) is 5.27. The molecule has 1 aromatic heterocycles. The first-order valence-corrected chi connectivity index (χ1v) is 4.57. The van der Waals surface area contributed by atoms with Gasteiger partial charge in [-0.3, -0.25) is 0 Å². The smallest absolute Gasteiger partial charge is 0.0925 e. The molecule has 11 heavy (non-hydrogen) atoms. The Hall–Kier alpha value is -0.380. The highest BCUT2D eigenvalue weighted by molar-refractivity contribution is 7.12. The third-order valence-electron chi connectivity index (χ3n) is 1.95. The van der Waals surface area contributed by atoms with Crippen LogP contribution in [-0.4, -0.2) is 11.7 Å². The molecule has 0 aliphatic carbocycles. The van der Waals surface area contributed by atoms with Gasteiger partial charge in [-0.25, -0.2) is 0 Å². The van der Waals surface area contributed by atoms with Crippen molar-refractivity contribution in [2.75, 3.05) is 6.54 Å². The minimum absolute atomic E-state index is 0.288. The molecule has 1 aliphatic rings. The third kappa shape index (κ3) is 1.20. The average Bonchev–Trinajstić information content (AvgIpc) is 2.31. The maximum absolute atomic E-state index is 9.52. The van der Waals surface area contributed by atoms with E-state index in [1.165, 1.54) is 9.75 Å². The molecule has 0 saturated carbocycles. The van der Waals surface area contributed by atoms with Crippen LogP contribution in [0.3, 0.4) is 0 Å². The van der Waals surface area contributed by atoms with Crippen LogP contribution in [0.25, 0.3) is 0 Å². The Labute approximate surface area is 69.9 Å². The molecule has 1 aliphatic heterocycles. The van der Waals surface area contributed by atoms with Crippen LogP contribution < -0.4 is 5.32 Å². The van der Waals surface area contributed by atoms with Crippen molar-refractivity contribution in [3.63, 3.8) is 0 Å². The Bertz CT molecular complexity index is 269. The third-order valence-corrected chi connectivity index (χ3v) is 3.01. The van der Waals surface area contributed by atoms with Gasteiger partial charge in [0.25, 0.3) is 0 Å². The van der Waals surface area contributed by atoms with E-state index in [0.29, 0.717) is 6.54 Å². The summed E-state index contributed by atoms with van der Waals surface area (Å²) in [5.41, 5.74) is 1.13. The van der Waals surface area contributed by atoms with Gasteiger partial charge in [0.15, 0.2) is 0 Å². The van der Waals surface area contributed by atoms with E-state index in [0.717, 1.165) is 12.1 Å². The van der Waals surface area contributed by atoms with E-state index in [2.05, 4.69) is 18.3 Å². The molecule has 0 amide bonds. The highest BCUT2D eigenvalue weighted by Crippen LogP contribution is 2.29. The quantitative estimate of drug-likeness (QED) is 0.611. The first-order valence-electron chi connectivity index (χ1n) is 3.75. The lowest BCUT2D eigenvalue weighted by molar-refractivity contribution is 0.166. The fourth-order valence-corrected chi connectivity index (χ4v) is 2.50. The number of thiophene rings is 1. The zero-order valence-electron chi connectivity index (χ0n) is 6.42. The van der Waals surface area contributed by atoms with Crippen LogP contribution >= 0.6 is 11.3 Å². The van der Waals surface area contributed by atoms with E-state index in [-0.39, 0.29) is 6.10 Å². The van der Waals surface area contributed by atoms with E-state index >= 15 is 0 Å². The fourth-order valence-electron chi connectivity index (χ4n) is 1.43. The number of hydrogen-bond acceptors (Lipinski definition) is 3. The van der Waals surface area contributed by atoms with Crippen LogP contribution in [0.4, 0.5) is 0 Å². The predicted octanol–water partition coefficient (Wildman–Crippen LogP) is 1.19. The molecule has 2 heterocycles. The van der Waals surface area contributed by atoms with E-state index in [1.54, 1.807) is 11.3 Å². The minimum atomic E-state index is -0.288. The molecule has 2 N–H and O–H groups in total. The largest absolute Gasteiger partial charge is 0.387 e. The second-order valence-electron chi connectivity index (χ2n) is 2.88. The molecule has 0 aromatic carbocycles. The number of β-amino-alcohol motifs (C(OH)–C–C–N with tert-alkyl or cyclic N) is 1. The van der Waals surface area contributed by atoms with Crippen molar-refractivity contribution in [3.8, 4) is 0 Å². The molecule has 0 bridgehead atoms. The molecule has 0 spiro atoms. The number of aliphatic hydroxyl groups is 1. The molecule has 0 radical (unpaired) electrons. The van der Waals surface area contributed by atoms with Crippen LogP contribution in [0, 0.1) is 6.92 Å². The summed E-state index contributed by atoms with van der Waals surface area (Å²) in [6.45, 7) is 3.70. The summed E-state index contributed by atoms with van der Waals surface area (Å²) < 4.78 is 0. The Morgan fingerprint density at radius 2 is 2.55 bits per heavy atom. The van der Waals surface area contributed by atoms with Gasteiger partial charge < -0.3 is 10.4 Å². The van der Waals surface area contributed by atoms with Crippen molar-refractivity contribution in [2.45, 2.75) is 19.6 Å². The molecule has 1 aromatic rings. The second-order valence-corrected chi connectivity index (χ2v) is 4.22. The van der Waals surface area contributed by atoms with Gasteiger partial charge >= 0.3 is 0 Å². The molecular weight excluding hydrogens is 158 g/mol. The van der Waals surface area contributed by atoms with Crippen LogP contribution in [0.15, 0.2) is 6.07 Å². The van der Waals surface area contributed by atoms with Crippen LogP contribution in [0.2, 0.25) is 0 Å². The van der Waals surface area contributed by atoms with Gasteiger partial charge in [0.05, 0.1) is 6.10 Å². The van der Waals surface area contributed by atoms with Gasteiger partial charge in [-0.1, -0.05) is 0 Å². The van der Waals surface area contributed by atoms with Crippen molar-refractivity contribution in [1.29, 1.82) is 0 Å².